The predicted octanol–water partition coefficient (Wildman–Crippen LogP) is 3.90. The van der Waals surface area contributed by atoms with Crippen LogP contribution in [0, 0.1) is 11.6 Å². The quantitative estimate of drug-likeness (QED) is 0.311. The Morgan fingerprint density at radius 3 is 2.41 bits per heavy atom. The molecule has 37 heavy (non-hydrogen) atoms. The van der Waals surface area contributed by atoms with Crippen molar-refractivity contribution in [1.29, 1.82) is 0 Å². The first-order valence-corrected chi connectivity index (χ1v) is 11.2. The van der Waals surface area contributed by atoms with Gasteiger partial charge in [0.15, 0.2) is 5.78 Å². The van der Waals surface area contributed by atoms with E-state index in [0.29, 0.717) is 16.8 Å². The maximum absolute atomic E-state index is 14.8. The van der Waals surface area contributed by atoms with Crippen LogP contribution < -0.4 is 5.32 Å². The number of nitrogens with one attached hydrogen (secondary N) is 1. The van der Waals surface area contributed by atoms with Gasteiger partial charge in [-0.1, -0.05) is 6.07 Å². The molecule has 0 aliphatic rings. The van der Waals surface area contributed by atoms with Gasteiger partial charge in [-0.3, -0.25) is 14.0 Å². The number of carboxylic acid groups (broad SMARTS) is 1. The van der Waals surface area contributed by atoms with E-state index < -0.39 is 34.8 Å². The van der Waals surface area contributed by atoms with E-state index in [1.54, 1.807) is 38.2 Å². The van der Waals surface area contributed by atoms with Crippen molar-refractivity contribution in [3.63, 3.8) is 0 Å². The highest BCUT2D eigenvalue weighted by Crippen LogP contribution is 2.25. The molecule has 0 aliphatic carbocycles. The van der Waals surface area contributed by atoms with Crippen LogP contribution in [0.5, 0.6) is 0 Å². The number of rotatable bonds is 8. The average Bonchev–Trinajstić information content (AvgIpc) is 3.28. The summed E-state index contributed by atoms with van der Waals surface area (Å²) in [4.78, 5) is 40.6. The lowest BCUT2D eigenvalue weighted by atomic mass is 10.0. The summed E-state index contributed by atoms with van der Waals surface area (Å²) < 4.78 is 30.4. The van der Waals surface area contributed by atoms with Gasteiger partial charge in [0.2, 0.25) is 0 Å². The van der Waals surface area contributed by atoms with E-state index in [0.717, 1.165) is 18.2 Å². The smallest absolute Gasteiger partial charge is 0.335 e. The van der Waals surface area contributed by atoms with Gasteiger partial charge in [0, 0.05) is 12.6 Å². The van der Waals surface area contributed by atoms with Crippen LogP contribution >= 0.6 is 0 Å². The molecule has 4 aromatic rings. The van der Waals surface area contributed by atoms with Crippen LogP contribution in [0.4, 0.5) is 8.78 Å². The third-order valence-electron chi connectivity index (χ3n) is 5.84. The minimum Gasteiger partial charge on any atom is -0.478 e. The second-order valence-electron chi connectivity index (χ2n) is 9.19. The number of amides is 1. The minimum atomic E-state index is -1.23. The number of aromatic carboxylic acids is 1. The maximum Gasteiger partial charge on any atom is 0.335 e. The molecule has 0 saturated carbocycles. The molecule has 0 aliphatic heterocycles. The number of pyridine rings is 1. The van der Waals surface area contributed by atoms with Gasteiger partial charge in [0.25, 0.3) is 5.91 Å². The molecule has 0 atom stereocenters. The molecule has 0 unspecified atom stereocenters. The Morgan fingerprint density at radius 2 is 1.73 bits per heavy atom. The van der Waals surface area contributed by atoms with Crippen molar-refractivity contribution < 1.29 is 33.4 Å². The van der Waals surface area contributed by atoms with Gasteiger partial charge >= 0.3 is 5.97 Å². The van der Waals surface area contributed by atoms with Gasteiger partial charge in [-0.2, -0.15) is 0 Å². The number of Topliss-reactive ketones (excluding diaryl/α,β-unsaturated/α-hetero) is 1. The Bertz CT molecular complexity index is 1540. The number of fused-ring (bicyclic) bond motifs is 1. The summed E-state index contributed by atoms with van der Waals surface area (Å²) in [5.74, 6) is -3.77. The number of aliphatic hydroxyl groups excluding tert-OH is 1. The molecular weight excluding hydrogens is 484 g/mol. The Balaban J connectivity index is 1.58. The highest BCUT2D eigenvalue weighted by Gasteiger charge is 2.22. The number of carboxylic acids is 1. The summed E-state index contributed by atoms with van der Waals surface area (Å²) in [6, 6.07) is 10.7. The van der Waals surface area contributed by atoms with E-state index in [2.05, 4.69) is 10.3 Å². The summed E-state index contributed by atoms with van der Waals surface area (Å²) in [5, 5.41) is 21.0. The molecule has 2 aromatic carbocycles. The molecule has 1 amide bonds. The second-order valence-corrected chi connectivity index (χ2v) is 9.19. The number of hydrogen-bond acceptors (Lipinski definition) is 5. The summed E-state index contributed by atoms with van der Waals surface area (Å²) in [7, 11) is 0. The Hall–Kier alpha value is -4.44. The lowest BCUT2D eigenvalue weighted by Crippen LogP contribution is -2.46. The summed E-state index contributed by atoms with van der Waals surface area (Å²) in [6.07, 6.45) is 2.54. The predicted molar refractivity (Wildman–Crippen MR) is 131 cm³/mol. The molecule has 0 radical (unpaired) electrons. The Kier molecular flexibility index (Phi) is 6.86. The largest absolute Gasteiger partial charge is 0.478 e. The van der Waals surface area contributed by atoms with Crippen molar-refractivity contribution in [2.75, 3.05) is 6.61 Å². The molecule has 3 N–H and O–H groups in total. The van der Waals surface area contributed by atoms with Crippen LogP contribution in [-0.2, 0) is 6.42 Å². The molecule has 8 nitrogen and oxygen atoms in total. The fraction of sp³-hybridized carbons (Fsp3) is 0.185. The molecular formula is C27H23F2N3O5. The van der Waals surface area contributed by atoms with Crippen LogP contribution in [0.2, 0.25) is 0 Å². The second kappa shape index (κ2) is 9.90. The van der Waals surface area contributed by atoms with Crippen molar-refractivity contribution in [3.8, 4) is 11.1 Å². The fourth-order valence-electron chi connectivity index (χ4n) is 3.77. The van der Waals surface area contributed by atoms with Gasteiger partial charge in [0.05, 0.1) is 29.5 Å². The molecule has 0 fully saturated rings. The van der Waals surface area contributed by atoms with Gasteiger partial charge < -0.3 is 15.5 Å². The number of ketones is 1. The SMILES string of the molecule is CC(C)(CO)NC(=O)c1ccc(-c2ccn3c(C(=O)Cc4cc(C(=O)O)ccc4F)cnc3c2)cc1F. The van der Waals surface area contributed by atoms with Crippen molar-refractivity contribution in [2.24, 2.45) is 0 Å². The first-order valence-electron chi connectivity index (χ1n) is 11.2. The normalized spacial score (nSPS) is 11.5. The standard InChI is InChI=1S/C27H23F2N3O5/c1-27(2,14-33)31-25(35)19-5-3-15(10-21(19)29)16-7-8-32-22(13-30-24(32)12-16)23(34)11-18-9-17(26(36)37)4-6-20(18)28/h3-10,12-13,33H,11,14H2,1-2H3,(H,31,35)(H,36,37). The number of halogens is 2. The third-order valence-corrected chi connectivity index (χ3v) is 5.84. The summed E-state index contributed by atoms with van der Waals surface area (Å²) in [6.45, 7) is 2.91. The number of aromatic nitrogens is 2. The fourth-order valence-corrected chi connectivity index (χ4v) is 3.77. The highest BCUT2D eigenvalue weighted by atomic mass is 19.1. The molecule has 2 aromatic heterocycles. The molecule has 0 bridgehead atoms. The average molecular weight is 507 g/mol. The molecule has 0 spiro atoms. The molecule has 10 heteroatoms. The molecule has 0 saturated heterocycles. The van der Waals surface area contributed by atoms with E-state index in [1.807, 2.05) is 0 Å². The van der Waals surface area contributed by atoms with Gasteiger partial charge in [-0.25, -0.2) is 18.6 Å². The van der Waals surface area contributed by atoms with Gasteiger partial charge in [-0.05, 0) is 73.0 Å². The maximum atomic E-state index is 14.8. The highest BCUT2D eigenvalue weighted by molar-refractivity contribution is 5.97. The number of benzene rings is 2. The number of carbonyl (C=O) groups excluding carboxylic acids is 2. The zero-order chi connectivity index (χ0) is 26.9. The van der Waals surface area contributed by atoms with Crippen LogP contribution in [-0.4, -0.2) is 49.4 Å². The topological polar surface area (TPSA) is 121 Å². The van der Waals surface area contributed by atoms with Crippen molar-refractivity contribution in [3.05, 3.63) is 94.9 Å². The lowest BCUT2D eigenvalue weighted by Gasteiger charge is -2.23. The molecule has 2 heterocycles. The lowest BCUT2D eigenvalue weighted by molar-refractivity contribution is 0.0695. The van der Waals surface area contributed by atoms with E-state index in [1.165, 1.54) is 22.7 Å². The monoisotopic (exact) mass is 507 g/mol. The Labute approximate surface area is 210 Å². The number of imidazole rings is 1. The first-order chi connectivity index (χ1) is 17.5. The van der Waals surface area contributed by atoms with Crippen LogP contribution in [0.1, 0.15) is 50.6 Å². The van der Waals surface area contributed by atoms with Crippen molar-refractivity contribution >= 4 is 23.3 Å². The number of nitrogens with zero attached hydrogens (tertiary/aromatic N) is 2. The Morgan fingerprint density at radius 1 is 1.00 bits per heavy atom. The third kappa shape index (κ3) is 5.39. The van der Waals surface area contributed by atoms with Gasteiger partial charge in [0.1, 0.15) is 23.0 Å². The number of hydrogen-bond donors (Lipinski definition) is 3. The summed E-state index contributed by atoms with van der Waals surface area (Å²) in [5.41, 5.74) is 0.366. The minimum absolute atomic E-state index is 0.0431. The zero-order valence-electron chi connectivity index (χ0n) is 20.0. The van der Waals surface area contributed by atoms with Crippen LogP contribution in [0.3, 0.4) is 0 Å². The molecule has 4 rings (SSSR count). The zero-order valence-corrected chi connectivity index (χ0v) is 20.0. The van der Waals surface area contributed by atoms with Gasteiger partial charge in [-0.15, -0.1) is 0 Å². The van der Waals surface area contributed by atoms with E-state index in [4.69, 9.17) is 5.11 Å². The van der Waals surface area contributed by atoms with Crippen molar-refractivity contribution in [2.45, 2.75) is 25.8 Å². The first kappa shape index (κ1) is 25.6. The van der Waals surface area contributed by atoms with E-state index in [9.17, 15) is 28.3 Å². The number of aliphatic hydroxyl groups is 1. The van der Waals surface area contributed by atoms with Crippen LogP contribution in [0.15, 0.2) is 60.9 Å². The van der Waals surface area contributed by atoms with E-state index >= 15 is 0 Å². The summed E-state index contributed by atoms with van der Waals surface area (Å²) >= 11 is 0. The number of carbonyl (C=O) groups is 3. The van der Waals surface area contributed by atoms with Crippen molar-refractivity contribution in [1.82, 2.24) is 14.7 Å². The van der Waals surface area contributed by atoms with Crippen LogP contribution in [0.25, 0.3) is 16.8 Å². The molecule has 190 valence electrons. The van der Waals surface area contributed by atoms with E-state index in [-0.39, 0.29) is 35.4 Å².